The first kappa shape index (κ1) is 13.6. The number of aliphatic hydroxyl groups excluding tert-OH is 1. The second-order valence-electron chi connectivity index (χ2n) is 3.56. The van der Waals surface area contributed by atoms with Crippen molar-refractivity contribution in [2.75, 3.05) is 13.2 Å². The highest BCUT2D eigenvalue weighted by molar-refractivity contribution is 6.37. The molecule has 4 heteroatoms. The molecule has 0 heterocycles. The predicted octanol–water partition coefficient (Wildman–Crippen LogP) is 3.71. The zero-order valence-electron chi connectivity index (χ0n) is 9.30. The van der Waals surface area contributed by atoms with E-state index >= 15 is 0 Å². The molecule has 0 radical (unpaired) electrons. The Kier molecular flexibility index (Phi) is 5.96. The van der Waals surface area contributed by atoms with Crippen molar-refractivity contribution in [3.8, 4) is 5.75 Å². The number of unbranched alkanes of at least 4 members (excludes halogenated alkanes) is 1. The van der Waals surface area contributed by atoms with Crippen molar-refractivity contribution in [2.45, 2.75) is 26.2 Å². The fraction of sp³-hybridized carbons (Fsp3) is 0.500. The number of benzene rings is 1. The molecule has 0 bridgehead atoms. The second kappa shape index (κ2) is 7.00. The van der Waals surface area contributed by atoms with Crippen molar-refractivity contribution >= 4 is 23.2 Å². The van der Waals surface area contributed by atoms with Crippen LogP contribution in [-0.2, 0) is 6.42 Å². The average molecular weight is 263 g/mol. The lowest BCUT2D eigenvalue weighted by Crippen LogP contribution is -2.03. The van der Waals surface area contributed by atoms with E-state index in [0.29, 0.717) is 15.8 Å². The van der Waals surface area contributed by atoms with Crippen molar-refractivity contribution in [3.63, 3.8) is 0 Å². The van der Waals surface area contributed by atoms with Gasteiger partial charge in [-0.3, -0.25) is 0 Å². The standard InChI is InChI=1S/C12H16Cl2O2/c1-2-3-4-9-7-10(13)12(11(14)8-9)16-6-5-15/h7-8,15H,2-6H2,1H3. The highest BCUT2D eigenvalue weighted by Gasteiger charge is 2.09. The molecule has 0 saturated carbocycles. The van der Waals surface area contributed by atoms with E-state index in [-0.39, 0.29) is 13.2 Å². The van der Waals surface area contributed by atoms with E-state index in [1.165, 1.54) is 0 Å². The molecule has 0 amide bonds. The summed E-state index contributed by atoms with van der Waals surface area (Å²) in [6, 6.07) is 3.74. The molecule has 0 aliphatic carbocycles. The quantitative estimate of drug-likeness (QED) is 0.847. The Labute approximate surface area is 106 Å². The van der Waals surface area contributed by atoms with Gasteiger partial charge in [0.1, 0.15) is 6.61 Å². The van der Waals surface area contributed by atoms with E-state index in [1.807, 2.05) is 12.1 Å². The van der Waals surface area contributed by atoms with Gasteiger partial charge in [-0.05, 0) is 30.5 Å². The summed E-state index contributed by atoms with van der Waals surface area (Å²) >= 11 is 12.1. The van der Waals surface area contributed by atoms with Crippen LogP contribution < -0.4 is 4.74 Å². The Morgan fingerprint density at radius 2 is 1.88 bits per heavy atom. The molecule has 16 heavy (non-hydrogen) atoms. The van der Waals surface area contributed by atoms with Gasteiger partial charge in [0.05, 0.1) is 16.7 Å². The van der Waals surface area contributed by atoms with E-state index in [2.05, 4.69) is 6.92 Å². The maximum atomic E-state index is 8.67. The number of hydrogen-bond donors (Lipinski definition) is 1. The van der Waals surface area contributed by atoms with E-state index in [0.717, 1.165) is 24.8 Å². The maximum Gasteiger partial charge on any atom is 0.156 e. The largest absolute Gasteiger partial charge is 0.488 e. The summed E-state index contributed by atoms with van der Waals surface area (Å²) < 4.78 is 5.26. The number of aliphatic hydroxyl groups is 1. The van der Waals surface area contributed by atoms with Crippen LogP contribution in [0.25, 0.3) is 0 Å². The topological polar surface area (TPSA) is 29.5 Å². The summed E-state index contributed by atoms with van der Waals surface area (Å²) in [5.41, 5.74) is 1.12. The maximum absolute atomic E-state index is 8.67. The third kappa shape index (κ3) is 3.85. The Hall–Kier alpha value is -0.440. The van der Waals surface area contributed by atoms with Gasteiger partial charge in [-0.25, -0.2) is 0 Å². The Morgan fingerprint density at radius 1 is 1.25 bits per heavy atom. The van der Waals surface area contributed by atoms with E-state index in [4.69, 9.17) is 33.0 Å². The fourth-order valence-corrected chi connectivity index (χ4v) is 2.06. The van der Waals surface area contributed by atoms with Gasteiger partial charge in [-0.15, -0.1) is 0 Å². The molecule has 2 nitrogen and oxygen atoms in total. The van der Waals surface area contributed by atoms with Gasteiger partial charge in [0.15, 0.2) is 5.75 Å². The first-order valence-corrected chi connectivity index (χ1v) is 6.16. The molecule has 0 saturated heterocycles. The predicted molar refractivity (Wildman–Crippen MR) is 67.7 cm³/mol. The molecule has 0 atom stereocenters. The van der Waals surface area contributed by atoms with Crippen LogP contribution in [-0.4, -0.2) is 18.3 Å². The zero-order valence-corrected chi connectivity index (χ0v) is 10.8. The van der Waals surface area contributed by atoms with Gasteiger partial charge >= 0.3 is 0 Å². The highest BCUT2D eigenvalue weighted by atomic mass is 35.5. The minimum Gasteiger partial charge on any atom is -0.488 e. The summed E-state index contributed by atoms with van der Waals surface area (Å²) in [6.07, 6.45) is 3.22. The van der Waals surface area contributed by atoms with Crippen LogP contribution >= 0.6 is 23.2 Å². The van der Waals surface area contributed by atoms with Gasteiger partial charge < -0.3 is 9.84 Å². The first-order chi connectivity index (χ1) is 7.69. The molecule has 1 N–H and O–H groups in total. The smallest absolute Gasteiger partial charge is 0.156 e. The molecule has 0 aliphatic heterocycles. The zero-order chi connectivity index (χ0) is 12.0. The summed E-state index contributed by atoms with van der Waals surface area (Å²) in [5.74, 6) is 0.456. The lowest BCUT2D eigenvalue weighted by molar-refractivity contribution is 0.201. The van der Waals surface area contributed by atoms with Gasteiger partial charge in [0.25, 0.3) is 0 Å². The van der Waals surface area contributed by atoms with E-state index < -0.39 is 0 Å². The Balaban J connectivity index is 2.80. The van der Waals surface area contributed by atoms with Crippen molar-refractivity contribution in [2.24, 2.45) is 0 Å². The molecule has 1 rings (SSSR count). The van der Waals surface area contributed by atoms with Gasteiger partial charge in [-0.1, -0.05) is 36.5 Å². The summed E-state index contributed by atoms with van der Waals surface area (Å²) in [6.45, 7) is 2.29. The number of halogens is 2. The van der Waals surface area contributed by atoms with E-state index in [1.54, 1.807) is 0 Å². The van der Waals surface area contributed by atoms with Gasteiger partial charge in [0, 0.05) is 0 Å². The van der Waals surface area contributed by atoms with Crippen molar-refractivity contribution in [1.82, 2.24) is 0 Å². The van der Waals surface area contributed by atoms with Crippen LogP contribution in [0.15, 0.2) is 12.1 Å². The van der Waals surface area contributed by atoms with Crippen LogP contribution in [0, 0.1) is 0 Å². The van der Waals surface area contributed by atoms with Crippen molar-refractivity contribution < 1.29 is 9.84 Å². The molecular formula is C12H16Cl2O2. The Morgan fingerprint density at radius 3 is 2.38 bits per heavy atom. The van der Waals surface area contributed by atoms with Gasteiger partial charge in [0.2, 0.25) is 0 Å². The van der Waals surface area contributed by atoms with Crippen LogP contribution in [0.1, 0.15) is 25.3 Å². The minimum atomic E-state index is -0.0513. The molecule has 1 aromatic carbocycles. The molecule has 1 aromatic rings. The second-order valence-corrected chi connectivity index (χ2v) is 4.38. The normalized spacial score (nSPS) is 10.5. The number of aryl methyl sites for hydroxylation is 1. The molecule has 90 valence electrons. The van der Waals surface area contributed by atoms with Gasteiger partial charge in [-0.2, -0.15) is 0 Å². The third-order valence-electron chi connectivity index (χ3n) is 2.21. The van der Waals surface area contributed by atoms with Crippen LogP contribution in [0.4, 0.5) is 0 Å². The van der Waals surface area contributed by atoms with Crippen LogP contribution in [0.2, 0.25) is 10.0 Å². The number of rotatable bonds is 6. The molecule has 0 spiro atoms. The highest BCUT2D eigenvalue weighted by Crippen LogP contribution is 2.34. The first-order valence-electron chi connectivity index (χ1n) is 5.40. The van der Waals surface area contributed by atoms with Crippen molar-refractivity contribution in [3.05, 3.63) is 27.7 Å². The summed E-state index contributed by atoms with van der Waals surface area (Å²) in [4.78, 5) is 0. The lowest BCUT2D eigenvalue weighted by atomic mass is 10.1. The minimum absolute atomic E-state index is 0.0513. The molecule has 0 aromatic heterocycles. The number of ether oxygens (including phenoxy) is 1. The summed E-state index contributed by atoms with van der Waals surface area (Å²) in [5, 5.41) is 9.68. The molecule has 0 unspecified atom stereocenters. The summed E-state index contributed by atoms with van der Waals surface area (Å²) in [7, 11) is 0. The Bertz CT molecular complexity index is 317. The van der Waals surface area contributed by atoms with Crippen LogP contribution in [0.5, 0.6) is 5.75 Å². The average Bonchev–Trinajstić information content (AvgIpc) is 2.25. The lowest BCUT2D eigenvalue weighted by Gasteiger charge is -2.10. The van der Waals surface area contributed by atoms with Crippen LogP contribution in [0.3, 0.4) is 0 Å². The fourth-order valence-electron chi connectivity index (χ4n) is 1.42. The molecular weight excluding hydrogens is 247 g/mol. The monoisotopic (exact) mass is 262 g/mol. The van der Waals surface area contributed by atoms with E-state index in [9.17, 15) is 0 Å². The molecule has 0 aliphatic rings. The third-order valence-corrected chi connectivity index (χ3v) is 2.78. The van der Waals surface area contributed by atoms with Crippen molar-refractivity contribution in [1.29, 1.82) is 0 Å². The number of hydrogen-bond acceptors (Lipinski definition) is 2. The SMILES string of the molecule is CCCCc1cc(Cl)c(OCCO)c(Cl)c1. The molecule has 0 fully saturated rings.